The first kappa shape index (κ1) is 17.8. The lowest BCUT2D eigenvalue weighted by atomic mass is 9.85. The van der Waals surface area contributed by atoms with E-state index >= 15 is 0 Å². The maximum Gasteiger partial charge on any atom is 0.168 e. The van der Waals surface area contributed by atoms with Crippen molar-refractivity contribution >= 4 is 27.8 Å². The number of benzene rings is 5. The van der Waals surface area contributed by atoms with E-state index in [9.17, 15) is 0 Å². The molecule has 6 rings (SSSR count). The summed E-state index contributed by atoms with van der Waals surface area (Å²) in [7, 11) is 0. The third-order valence-corrected chi connectivity index (χ3v) is 6.17. The van der Waals surface area contributed by atoms with Crippen LogP contribution in [0, 0.1) is 0 Å². The summed E-state index contributed by atoms with van der Waals surface area (Å²) in [6.07, 6.45) is 0. The average molecular weight is 399 g/mol. The Morgan fingerprint density at radius 1 is 0.516 bits per heavy atom. The standard InChI is InChI=1S/C29H22N2/c1-4-14-23(15-5-1)29(24-16-6-2-7-17-24)30-26-20-10-12-22-13-11-21-27(28(22)26)31(29)25-18-8-3-9-19-25/h1-21,30H. The Labute approximate surface area is 182 Å². The molecule has 1 aliphatic rings. The highest BCUT2D eigenvalue weighted by Gasteiger charge is 2.45. The van der Waals surface area contributed by atoms with Gasteiger partial charge in [0.05, 0.1) is 5.69 Å². The monoisotopic (exact) mass is 398 g/mol. The van der Waals surface area contributed by atoms with Gasteiger partial charge < -0.3 is 10.2 Å². The van der Waals surface area contributed by atoms with Crippen LogP contribution in [0.15, 0.2) is 127 Å². The zero-order valence-electron chi connectivity index (χ0n) is 17.1. The molecule has 0 aliphatic carbocycles. The van der Waals surface area contributed by atoms with Crippen molar-refractivity contribution in [3.05, 3.63) is 139 Å². The molecule has 5 aromatic rings. The Bertz CT molecular complexity index is 1300. The van der Waals surface area contributed by atoms with Gasteiger partial charge in [0.25, 0.3) is 0 Å². The van der Waals surface area contributed by atoms with E-state index in [0.717, 1.165) is 11.4 Å². The van der Waals surface area contributed by atoms with Crippen LogP contribution in [-0.4, -0.2) is 0 Å². The SMILES string of the molecule is c1ccc(N2c3cccc4cccc(c34)NC2(c2ccccc2)c2ccccc2)cc1. The summed E-state index contributed by atoms with van der Waals surface area (Å²) in [5.41, 5.74) is 5.28. The van der Waals surface area contributed by atoms with Crippen molar-refractivity contribution in [1.82, 2.24) is 0 Å². The van der Waals surface area contributed by atoms with E-state index in [1.54, 1.807) is 0 Å². The molecule has 0 amide bonds. The predicted molar refractivity (Wildman–Crippen MR) is 130 cm³/mol. The van der Waals surface area contributed by atoms with E-state index in [2.05, 4.69) is 138 Å². The first-order valence-corrected chi connectivity index (χ1v) is 10.6. The van der Waals surface area contributed by atoms with Crippen molar-refractivity contribution in [1.29, 1.82) is 0 Å². The second-order valence-corrected chi connectivity index (χ2v) is 7.92. The summed E-state index contributed by atoms with van der Waals surface area (Å²) >= 11 is 0. The molecule has 2 heteroatoms. The normalized spacial score (nSPS) is 14.3. The number of para-hydroxylation sites is 1. The number of nitrogens with one attached hydrogen (secondary N) is 1. The molecular formula is C29H22N2. The number of anilines is 3. The summed E-state index contributed by atoms with van der Waals surface area (Å²) < 4.78 is 0. The maximum absolute atomic E-state index is 3.98. The van der Waals surface area contributed by atoms with Crippen molar-refractivity contribution in [2.75, 3.05) is 10.2 Å². The molecule has 2 nitrogen and oxygen atoms in total. The first-order valence-electron chi connectivity index (χ1n) is 10.6. The Hall–Kier alpha value is -4.04. The van der Waals surface area contributed by atoms with Gasteiger partial charge in [-0.15, -0.1) is 0 Å². The van der Waals surface area contributed by atoms with Crippen LogP contribution < -0.4 is 10.2 Å². The Balaban J connectivity index is 1.77. The van der Waals surface area contributed by atoms with Crippen LogP contribution in [-0.2, 0) is 5.66 Å². The largest absolute Gasteiger partial charge is 0.354 e. The van der Waals surface area contributed by atoms with Gasteiger partial charge in [-0.2, -0.15) is 0 Å². The minimum Gasteiger partial charge on any atom is -0.354 e. The quantitative estimate of drug-likeness (QED) is 0.343. The third kappa shape index (κ3) is 2.65. The molecule has 1 aliphatic heterocycles. The zero-order chi connectivity index (χ0) is 20.7. The zero-order valence-corrected chi connectivity index (χ0v) is 17.1. The highest BCUT2D eigenvalue weighted by Crippen LogP contribution is 2.51. The molecule has 0 bridgehead atoms. The Kier molecular flexibility index (Phi) is 4.03. The molecule has 0 fully saturated rings. The lowest BCUT2D eigenvalue weighted by Gasteiger charge is -2.50. The summed E-state index contributed by atoms with van der Waals surface area (Å²) in [5.74, 6) is 0. The van der Waals surface area contributed by atoms with Crippen LogP contribution in [0.2, 0.25) is 0 Å². The highest BCUT2D eigenvalue weighted by molar-refractivity contribution is 6.07. The van der Waals surface area contributed by atoms with Gasteiger partial charge >= 0.3 is 0 Å². The number of nitrogens with zero attached hydrogens (tertiary/aromatic N) is 1. The number of hydrogen-bond donors (Lipinski definition) is 1. The molecule has 1 heterocycles. The summed E-state index contributed by atoms with van der Waals surface area (Å²) in [5, 5.41) is 6.46. The van der Waals surface area contributed by atoms with Gasteiger partial charge in [-0.25, -0.2) is 0 Å². The Morgan fingerprint density at radius 3 is 1.68 bits per heavy atom. The molecule has 0 atom stereocenters. The smallest absolute Gasteiger partial charge is 0.168 e. The second kappa shape index (κ2) is 7.03. The van der Waals surface area contributed by atoms with Gasteiger partial charge in [-0.05, 0) is 29.7 Å². The summed E-state index contributed by atoms with van der Waals surface area (Å²) in [4.78, 5) is 2.45. The second-order valence-electron chi connectivity index (χ2n) is 7.92. The fourth-order valence-corrected chi connectivity index (χ4v) is 4.88. The summed E-state index contributed by atoms with van der Waals surface area (Å²) in [6, 6.07) is 45.2. The number of rotatable bonds is 3. The van der Waals surface area contributed by atoms with Crippen molar-refractivity contribution in [2.45, 2.75) is 5.66 Å². The van der Waals surface area contributed by atoms with Crippen molar-refractivity contribution in [2.24, 2.45) is 0 Å². The van der Waals surface area contributed by atoms with Crippen LogP contribution in [0.5, 0.6) is 0 Å². The van der Waals surface area contributed by atoms with Crippen LogP contribution in [0.25, 0.3) is 10.8 Å². The molecule has 0 saturated carbocycles. The molecule has 0 unspecified atom stereocenters. The Morgan fingerprint density at radius 2 is 1.06 bits per heavy atom. The molecular weight excluding hydrogens is 376 g/mol. The topological polar surface area (TPSA) is 15.3 Å². The van der Waals surface area contributed by atoms with E-state index in [0.29, 0.717) is 0 Å². The van der Waals surface area contributed by atoms with E-state index in [1.807, 2.05) is 0 Å². The van der Waals surface area contributed by atoms with Crippen LogP contribution >= 0.6 is 0 Å². The third-order valence-electron chi connectivity index (χ3n) is 6.17. The molecule has 0 spiro atoms. The fourth-order valence-electron chi connectivity index (χ4n) is 4.88. The molecule has 148 valence electrons. The van der Waals surface area contributed by atoms with Crippen molar-refractivity contribution < 1.29 is 0 Å². The molecule has 1 N–H and O–H groups in total. The van der Waals surface area contributed by atoms with E-state index in [1.165, 1.54) is 27.6 Å². The molecule has 5 aromatic carbocycles. The van der Waals surface area contributed by atoms with Gasteiger partial charge in [-0.1, -0.05) is 103 Å². The van der Waals surface area contributed by atoms with Gasteiger partial charge in [0.2, 0.25) is 0 Å². The first-order chi connectivity index (χ1) is 15.4. The van der Waals surface area contributed by atoms with Crippen LogP contribution in [0.1, 0.15) is 11.1 Å². The average Bonchev–Trinajstić information content (AvgIpc) is 2.86. The lowest BCUT2D eigenvalue weighted by Crippen LogP contribution is -2.52. The molecule has 0 saturated heterocycles. The number of hydrogen-bond acceptors (Lipinski definition) is 2. The molecule has 0 aromatic heterocycles. The minimum atomic E-state index is -0.591. The lowest BCUT2D eigenvalue weighted by molar-refractivity contribution is 0.595. The van der Waals surface area contributed by atoms with E-state index in [-0.39, 0.29) is 0 Å². The minimum absolute atomic E-state index is 0.591. The van der Waals surface area contributed by atoms with Gasteiger partial charge in [0.1, 0.15) is 0 Å². The fraction of sp³-hybridized carbons (Fsp3) is 0.0345. The van der Waals surface area contributed by atoms with E-state index in [4.69, 9.17) is 0 Å². The van der Waals surface area contributed by atoms with Crippen molar-refractivity contribution in [3.63, 3.8) is 0 Å². The molecule has 31 heavy (non-hydrogen) atoms. The van der Waals surface area contributed by atoms with Crippen molar-refractivity contribution in [3.8, 4) is 0 Å². The highest BCUT2D eigenvalue weighted by atomic mass is 15.3. The van der Waals surface area contributed by atoms with E-state index < -0.39 is 5.66 Å². The molecule has 0 radical (unpaired) electrons. The van der Waals surface area contributed by atoms with Gasteiger partial charge in [0, 0.05) is 27.9 Å². The summed E-state index contributed by atoms with van der Waals surface area (Å²) in [6.45, 7) is 0. The van der Waals surface area contributed by atoms with Gasteiger partial charge in [-0.3, -0.25) is 0 Å². The predicted octanol–water partition coefficient (Wildman–Crippen LogP) is 7.30. The van der Waals surface area contributed by atoms with Gasteiger partial charge in [0.15, 0.2) is 5.66 Å². The maximum atomic E-state index is 3.98. The van der Waals surface area contributed by atoms with Crippen LogP contribution in [0.4, 0.5) is 17.1 Å². The van der Waals surface area contributed by atoms with Crippen LogP contribution in [0.3, 0.4) is 0 Å².